The third kappa shape index (κ3) is 3.19. The van der Waals surface area contributed by atoms with Crippen LogP contribution in [-0.4, -0.2) is 46.0 Å². The molecule has 2 rings (SSSR count). The summed E-state index contributed by atoms with van der Waals surface area (Å²) in [5, 5.41) is 20.2. The number of hydrogen-bond donors (Lipinski definition) is 2. The van der Waals surface area contributed by atoms with Gasteiger partial charge in [-0.2, -0.15) is 0 Å². The second-order valence-corrected chi connectivity index (χ2v) is 6.15. The zero-order valence-corrected chi connectivity index (χ0v) is 13.3. The summed E-state index contributed by atoms with van der Waals surface area (Å²) in [5.74, 6) is 0.721. The Bertz CT molecular complexity index is 481. The van der Waals surface area contributed by atoms with Crippen LogP contribution in [0, 0.1) is 12.3 Å². The standard InChI is InChI=1S/C16H27N3O2/c1-4-7-16(11-20)10-19(8-6-14(16)21)15-17-9-12(3)13(5-2)18-15/h9,14,20-21H,4-8,10-11H2,1-3H3/t14-,16-/m0/s1. The molecule has 2 N–H and O–H groups in total. The van der Waals surface area contributed by atoms with Gasteiger partial charge in [0.05, 0.1) is 12.7 Å². The van der Waals surface area contributed by atoms with E-state index in [4.69, 9.17) is 0 Å². The number of anilines is 1. The maximum absolute atomic E-state index is 10.3. The molecule has 2 atom stereocenters. The minimum atomic E-state index is -0.451. The van der Waals surface area contributed by atoms with Crippen LogP contribution < -0.4 is 4.90 Å². The molecule has 0 amide bonds. The molecule has 1 aliphatic rings. The van der Waals surface area contributed by atoms with Crippen molar-refractivity contribution >= 4 is 5.95 Å². The van der Waals surface area contributed by atoms with Gasteiger partial charge in [0.2, 0.25) is 5.95 Å². The average Bonchev–Trinajstić information content (AvgIpc) is 2.50. The Morgan fingerprint density at radius 1 is 1.43 bits per heavy atom. The maximum Gasteiger partial charge on any atom is 0.225 e. The molecule has 0 aromatic carbocycles. The fraction of sp³-hybridized carbons (Fsp3) is 0.750. The fourth-order valence-electron chi connectivity index (χ4n) is 3.27. The molecule has 1 aromatic rings. The number of nitrogens with zero attached hydrogens (tertiary/aromatic N) is 3. The highest BCUT2D eigenvalue weighted by Gasteiger charge is 2.42. The van der Waals surface area contributed by atoms with Gasteiger partial charge in [0.1, 0.15) is 0 Å². The van der Waals surface area contributed by atoms with Crippen molar-refractivity contribution in [3.05, 3.63) is 17.5 Å². The molecular weight excluding hydrogens is 266 g/mol. The van der Waals surface area contributed by atoms with Crippen LogP contribution in [0.2, 0.25) is 0 Å². The van der Waals surface area contributed by atoms with E-state index >= 15 is 0 Å². The van der Waals surface area contributed by atoms with Crippen molar-refractivity contribution in [2.24, 2.45) is 5.41 Å². The Hall–Kier alpha value is -1.20. The van der Waals surface area contributed by atoms with Crippen molar-refractivity contribution in [3.63, 3.8) is 0 Å². The van der Waals surface area contributed by atoms with E-state index in [9.17, 15) is 10.2 Å². The van der Waals surface area contributed by atoms with E-state index in [1.807, 2.05) is 13.1 Å². The molecule has 1 fully saturated rings. The number of aliphatic hydroxyl groups excluding tert-OH is 2. The van der Waals surface area contributed by atoms with Crippen molar-refractivity contribution in [1.29, 1.82) is 0 Å². The summed E-state index contributed by atoms with van der Waals surface area (Å²) in [6.45, 7) is 7.56. The normalized spacial score (nSPS) is 26.1. The summed E-state index contributed by atoms with van der Waals surface area (Å²) in [5.41, 5.74) is 1.73. The second kappa shape index (κ2) is 6.71. The van der Waals surface area contributed by atoms with Crippen LogP contribution in [0.1, 0.15) is 44.4 Å². The third-order valence-electron chi connectivity index (χ3n) is 4.63. The molecule has 0 saturated carbocycles. The molecule has 1 aliphatic heterocycles. The highest BCUT2D eigenvalue weighted by Crippen LogP contribution is 2.35. The fourth-order valence-corrected chi connectivity index (χ4v) is 3.27. The predicted octanol–water partition coefficient (Wildman–Crippen LogP) is 1.70. The van der Waals surface area contributed by atoms with Crippen molar-refractivity contribution in [2.75, 3.05) is 24.6 Å². The lowest BCUT2D eigenvalue weighted by atomic mass is 9.74. The summed E-state index contributed by atoms with van der Waals surface area (Å²) in [4.78, 5) is 11.2. The lowest BCUT2D eigenvalue weighted by Crippen LogP contribution is -2.54. The summed E-state index contributed by atoms with van der Waals surface area (Å²) in [6, 6.07) is 0. The van der Waals surface area contributed by atoms with Gasteiger partial charge in [-0.05, 0) is 31.7 Å². The van der Waals surface area contributed by atoms with Crippen LogP contribution in [0.4, 0.5) is 5.95 Å². The first kappa shape index (κ1) is 16.2. The van der Waals surface area contributed by atoms with Crippen molar-refractivity contribution in [1.82, 2.24) is 9.97 Å². The van der Waals surface area contributed by atoms with E-state index in [0.717, 1.165) is 43.0 Å². The summed E-state index contributed by atoms with van der Waals surface area (Å²) in [6.07, 6.45) is 4.72. The number of piperidine rings is 1. The predicted molar refractivity (Wildman–Crippen MR) is 83.4 cm³/mol. The van der Waals surface area contributed by atoms with Gasteiger partial charge in [-0.15, -0.1) is 0 Å². The Kier molecular flexibility index (Phi) is 5.17. The Morgan fingerprint density at radius 3 is 2.81 bits per heavy atom. The SMILES string of the molecule is CCC[C@@]1(CO)CN(c2ncc(C)c(CC)n2)CC[C@@H]1O. The van der Waals surface area contributed by atoms with Gasteiger partial charge in [0, 0.05) is 30.4 Å². The van der Waals surface area contributed by atoms with Crippen LogP contribution in [0.15, 0.2) is 6.20 Å². The molecule has 0 bridgehead atoms. The first-order valence-corrected chi connectivity index (χ1v) is 7.92. The second-order valence-electron chi connectivity index (χ2n) is 6.15. The summed E-state index contributed by atoms with van der Waals surface area (Å²) >= 11 is 0. The number of aliphatic hydroxyl groups is 2. The molecule has 0 aliphatic carbocycles. The number of aromatic nitrogens is 2. The number of rotatable bonds is 5. The minimum Gasteiger partial charge on any atom is -0.396 e. The molecule has 0 unspecified atom stereocenters. The van der Waals surface area contributed by atoms with E-state index < -0.39 is 11.5 Å². The number of hydrogen-bond acceptors (Lipinski definition) is 5. The van der Waals surface area contributed by atoms with E-state index in [0.29, 0.717) is 13.0 Å². The van der Waals surface area contributed by atoms with Crippen molar-refractivity contribution in [2.45, 2.75) is 52.6 Å². The van der Waals surface area contributed by atoms with Gasteiger partial charge in [-0.25, -0.2) is 9.97 Å². The monoisotopic (exact) mass is 293 g/mol. The zero-order chi connectivity index (χ0) is 15.5. The summed E-state index contributed by atoms with van der Waals surface area (Å²) in [7, 11) is 0. The topological polar surface area (TPSA) is 69.5 Å². The molecule has 0 radical (unpaired) electrons. The number of aryl methyl sites for hydroxylation is 2. The van der Waals surface area contributed by atoms with E-state index in [1.54, 1.807) is 0 Å². The molecule has 0 spiro atoms. The minimum absolute atomic E-state index is 0.00496. The lowest BCUT2D eigenvalue weighted by molar-refractivity contribution is -0.0354. The highest BCUT2D eigenvalue weighted by molar-refractivity contribution is 5.34. The molecule has 118 valence electrons. The van der Waals surface area contributed by atoms with Crippen molar-refractivity contribution in [3.8, 4) is 0 Å². The van der Waals surface area contributed by atoms with Crippen LogP contribution in [-0.2, 0) is 6.42 Å². The van der Waals surface area contributed by atoms with E-state index in [2.05, 4.69) is 28.7 Å². The smallest absolute Gasteiger partial charge is 0.225 e. The van der Waals surface area contributed by atoms with E-state index in [1.165, 1.54) is 0 Å². The third-order valence-corrected chi connectivity index (χ3v) is 4.63. The zero-order valence-electron chi connectivity index (χ0n) is 13.3. The van der Waals surface area contributed by atoms with Gasteiger partial charge in [0.25, 0.3) is 0 Å². The quantitative estimate of drug-likeness (QED) is 0.864. The summed E-state index contributed by atoms with van der Waals surface area (Å²) < 4.78 is 0. The highest BCUT2D eigenvalue weighted by atomic mass is 16.3. The first-order valence-electron chi connectivity index (χ1n) is 7.92. The Morgan fingerprint density at radius 2 is 2.19 bits per heavy atom. The molecule has 21 heavy (non-hydrogen) atoms. The van der Waals surface area contributed by atoms with Gasteiger partial charge in [0.15, 0.2) is 0 Å². The van der Waals surface area contributed by atoms with Crippen LogP contribution in [0.3, 0.4) is 0 Å². The largest absolute Gasteiger partial charge is 0.396 e. The average molecular weight is 293 g/mol. The first-order chi connectivity index (χ1) is 10.1. The van der Waals surface area contributed by atoms with Gasteiger partial charge in [-0.1, -0.05) is 20.3 Å². The van der Waals surface area contributed by atoms with Gasteiger partial charge >= 0.3 is 0 Å². The van der Waals surface area contributed by atoms with Crippen LogP contribution in [0.25, 0.3) is 0 Å². The van der Waals surface area contributed by atoms with Gasteiger partial charge in [-0.3, -0.25) is 0 Å². The van der Waals surface area contributed by atoms with Crippen LogP contribution >= 0.6 is 0 Å². The van der Waals surface area contributed by atoms with Gasteiger partial charge < -0.3 is 15.1 Å². The van der Waals surface area contributed by atoms with Crippen molar-refractivity contribution < 1.29 is 10.2 Å². The maximum atomic E-state index is 10.3. The molecule has 1 saturated heterocycles. The van der Waals surface area contributed by atoms with Crippen LogP contribution in [0.5, 0.6) is 0 Å². The Balaban J connectivity index is 2.25. The molecule has 2 heterocycles. The molecule has 5 nitrogen and oxygen atoms in total. The lowest BCUT2D eigenvalue weighted by Gasteiger charge is -2.45. The van der Waals surface area contributed by atoms with E-state index in [-0.39, 0.29) is 6.61 Å². The molecular formula is C16H27N3O2. The molecule has 1 aromatic heterocycles. The Labute approximate surface area is 127 Å². The molecule has 5 heteroatoms.